The predicted molar refractivity (Wildman–Crippen MR) is 55.7 cm³/mol. The lowest BCUT2D eigenvalue weighted by Gasteiger charge is -2.33. The first-order chi connectivity index (χ1) is 7.31. The molecule has 1 aromatic heterocycles. The molecule has 1 aliphatic rings. The van der Waals surface area contributed by atoms with Crippen LogP contribution in [-0.4, -0.2) is 22.9 Å². The van der Waals surface area contributed by atoms with Gasteiger partial charge >= 0.3 is 0 Å². The van der Waals surface area contributed by atoms with Crippen LogP contribution in [0.4, 0.5) is 0 Å². The lowest BCUT2D eigenvalue weighted by Crippen LogP contribution is -2.32. The Labute approximate surface area is 93.9 Å². The number of ether oxygens (including phenoxy) is 1. The normalized spacial score (nSPS) is 25.2. The van der Waals surface area contributed by atoms with Crippen molar-refractivity contribution in [2.24, 2.45) is 5.92 Å². The Bertz CT molecular complexity index is 310. The van der Waals surface area contributed by atoms with Crippen molar-refractivity contribution >= 4 is 11.6 Å². The minimum absolute atomic E-state index is 0.315. The fourth-order valence-corrected chi connectivity index (χ4v) is 2.00. The van der Waals surface area contributed by atoms with Gasteiger partial charge in [0, 0.05) is 13.0 Å². The average molecular weight is 231 g/mol. The Morgan fingerprint density at radius 1 is 1.53 bits per heavy atom. The topological polar surface area (TPSA) is 48.2 Å². The molecule has 2 rings (SSSR count). The second-order valence-corrected chi connectivity index (χ2v) is 4.12. The zero-order valence-corrected chi connectivity index (χ0v) is 9.54. The van der Waals surface area contributed by atoms with Crippen molar-refractivity contribution in [1.82, 2.24) is 10.1 Å². The van der Waals surface area contributed by atoms with Crippen LogP contribution in [0.15, 0.2) is 4.52 Å². The van der Waals surface area contributed by atoms with Gasteiger partial charge in [-0.25, -0.2) is 0 Å². The van der Waals surface area contributed by atoms with Crippen molar-refractivity contribution < 1.29 is 9.26 Å². The van der Waals surface area contributed by atoms with E-state index in [0.717, 1.165) is 25.9 Å². The van der Waals surface area contributed by atoms with Crippen molar-refractivity contribution in [2.45, 2.75) is 38.2 Å². The largest absolute Gasteiger partial charge is 0.378 e. The molecular formula is C10H15ClN2O2. The lowest BCUT2D eigenvalue weighted by atomic mass is 9.80. The molecule has 0 amide bonds. The molecule has 1 aliphatic carbocycles. The Morgan fingerprint density at radius 2 is 2.33 bits per heavy atom. The first-order valence-electron chi connectivity index (χ1n) is 5.30. The number of hydrogen-bond donors (Lipinski definition) is 0. The molecule has 0 saturated heterocycles. The van der Waals surface area contributed by atoms with Crippen LogP contribution in [0.2, 0.25) is 0 Å². The van der Waals surface area contributed by atoms with Crippen LogP contribution in [0, 0.1) is 5.92 Å². The van der Waals surface area contributed by atoms with Gasteiger partial charge in [0.2, 0.25) is 5.89 Å². The first kappa shape index (κ1) is 10.9. The Hall–Kier alpha value is -0.610. The monoisotopic (exact) mass is 230 g/mol. The van der Waals surface area contributed by atoms with Crippen molar-refractivity contribution in [1.29, 1.82) is 0 Å². The van der Waals surface area contributed by atoms with E-state index in [-0.39, 0.29) is 0 Å². The predicted octanol–water partition coefficient (Wildman–Crippen LogP) is 2.17. The van der Waals surface area contributed by atoms with Gasteiger partial charge in [0.1, 0.15) is 0 Å². The molecule has 1 saturated carbocycles. The van der Waals surface area contributed by atoms with Crippen LogP contribution in [0.5, 0.6) is 0 Å². The third kappa shape index (κ3) is 2.69. The Morgan fingerprint density at radius 3 is 2.93 bits per heavy atom. The van der Waals surface area contributed by atoms with E-state index >= 15 is 0 Å². The second-order valence-electron chi connectivity index (χ2n) is 3.86. The molecule has 0 spiro atoms. The third-order valence-electron chi connectivity index (χ3n) is 2.69. The van der Waals surface area contributed by atoms with Crippen LogP contribution in [0.3, 0.4) is 0 Å². The quantitative estimate of drug-likeness (QED) is 0.728. The van der Waals surface area contributed by atoms with Gasteiger partial charge in [0.15, 0.2) is 5.82 Å². The van der Waals surface area contributed by atoms with E-state index in [1.807, 2.05) is 6.92 Å². The molecule has 0 radical (unpaired) electrons. The molecule has 0 atom stereocenters. The number of aromatic nitrogens is 2. The van der Waals surface area contributed by atoms with E-state index in [1.165, 1.54) is 0 Å². The zero-order valence-electron chi connectivity index (χ0n) is 8.78. The fraction of sp³-hybridized carbons (Fsp3) is 0.800. The summed E-state index contributed by atoms with van der Waals surface area (Å²) in [7, 11) is 0. The highest BCUT2D eigenvalue weighted by atomic mass is 35.5. The highest BCUT2D eigenvalue weighted by molar-refractivity contribution is 6.16. The Kier molecular flexibility index (Phi) is 3.59. The maximum absolute atomic E-state index is 5.58. The van der Waals surface area contributed by atoms with E-state index < -0.39 is 0 Å². The third-order valence-corrected chi connectivity index (χ3v) is 2.93. The van der Waals surface area contributed by atoms with Gasteiger partial charge in [-0.15, -0.1) is 11.6 Å². The summed E-state index contributed by atoms with van der Waals surface area (Å²) >= 11 is 5.58. The summed E-state index contributed by atoms with van der Waals surface area (Å²) in [5, 5.41) is 3.75. The first-order valence-corrected chi connectivity index (χ1v) is 5.84. The van der Waals surface area contributed by atoms with Crippen LogP contribution in [0.25, 0.3) is 0 Å². The van der Waals surface area contributed by atoms with Crippen molar-refractivity contribution in [3.8, 4) is 0 Å². The fourth-order valence-electron chi connectivity index (χ4n) is 1.89. The summed E-state index contributed by atoms with van der Waals surface area (Å²) < 4.78 is 10.6. The number of alkyl halides is 1. The molecule has 0 bridgehead atoms. The smallest absolute Gasteiger partial charge is 0.226 e. The molecule has 1 fully saturated rings. The molecule has 0 aromatic carbocycles. The van der Waals surface area contributed by atoms with E-state index in [1.54, 1.807) is 0 Å². The van der Waals surface area contributed by atoms with E-state index in [9.17, 15) is 0 Å². The highest BCUT2D eigenvalue weighted by Crippen LogP contribution is 2.32. The van der Waals surface area contributed by atoms with E-state index in [4.69, 9.17) is 20.9 Å². The van der Waals surface area contributed by atoms with Gasteiger partial charge in [-0.2, -0.15) is 4.98 Å². The molecule has 0 N–H and O–H groups in total. The van der Waals surface area contributed by atoms with Crippen molar-refractivity contribution in [3.63, 3.8) is 0 Å². The van der Waals surface area contributed by atoms with E-state index in [0.29, 0.717) is 29.6 Å². The standard InChI is InChI=1S/C10H15ClN2O2/c1-2-14-8-3-7(4-8)5-10-12-9(6-11)13-15-10/h7-8H,2-6H2,1H3. The van der Waals surface area contributed by atoms with Crippen LogP contribution in [-0.2, 0) is 17.0 Å². The SMILES string of the molecule is CCOC1CC(Cc2nc(CCl)no2)C1. The zero-order chi connectivity index (χ0) is 10.7. The summed E-state index contributed by atoms with van der Waals surface area (Å²) in [6.45, 7) is 2.83. The summed E-state index contributed by atoms with van der Waals surface area (Å²) in [4.78, 5) is 4.17. The maximum atomic E-state index is 5.58. The highest BCUT2D eigenvalue weighted by Gasteiger charge is 2.30. The summed E-state index contributed by atoms with van der Waals surface area (Å²) in [5.41, 5.74) is 0. The number of rotatable bonds is 5. The van der Waals surface area contributed by atoms with Crippen LogP contribution < -0.4 is 0 Å². The van der Waals surface area contributed by atoms with E-state index in [2.05, 4.69) is 10.1 Å². The number of nitrogens with zero attached hydrogens (tertiary/aromatic N) is 2. The molecule has 15 heavy (non-hydrogen) atoms. The van der Waals surface area contributed by atoms with Gasteiger partial charge in [-0.05, 0) is 25.7 Å². The summed E-state index contributed by atoms with van der Waals surface area (Å²) in [6.07, 6.45) is 3.50. The molecule has 84 valence electrons. The van der Waals surface area contributed by atoms with Gasteiger partial charge in [-0.3, -0.25) is 0 Å². The molecule has 0 aliphatic heterocycles. The average Bonchev–Trinajstić information content (AvgIpc) is 2.62. The number of halogens is 1. The van der Waals surface area contributed by atoms with Gasteiger partial charge in [-0.1, -0.05) is 5.16 Å². The molecular weight excluding hydrogens is 216 g/mol. The molecule has 1 aromatic rings. The molecule has 4 nitrogen and oxygen atoms in total. The summed E-state index contributed by atoms with van der Waals surface area (Å²) in [6, 6.07) is 0. The second kappa shape index (κ2) is 4.94. The summed E-state index contributed by atoms with van der Waals surface area (Å²) in [5.74, 6) is 2.22. The maximum Gasteiger partial charge on any atom is 0.226 e. The van der Waals surface area contributed by atoms with Gasteiger partial charge in [0.25, 0.3) is 0 Å². The van der Waals surface area contributed by atoms with Crippen molar-refractivity contribution in [3.05, 3.63) is 11.7 Å². The van der Waals surface area contributed by atoms with Crippen molar-refractivity contribution in [2.75, 3.05) is 6.61 Å². The van der Waals surface area contributed by atoms with Gasteiger partial charge in [0.05, 0.1) is 12.0 Å². The molecule has 0 unspecified atom stereocenters. The minimum Gasteiger partial charge on any atom is -0.378 e. The lowest BCUT2D eigenvalue weighted by molar-refractivity contribution is -0.0258. The minimum atomic E-state index is 0.315. The van der Waals surface area contributed by atoms with Gasteiger partial charge < -0.3 is 9.26 Å². The molecule has 5 heteroatoms. The Balaban J connectivity index is 1.75. The molecule has 1 heterocycles. The number of hydrogen-bond acceptors (Lipinski definition) is 4. The van der Waals surface area contributed by atoms with Crippen LogP contribution >= 0.6 is 11.6 Å². The van der Waals surface area contributed by atoms with Crippen LogP contribution in [0.1, 0.15) is 31.5 Å².